The van der Waals surface area contributed by atoms with Crippen LogP contribution in [-0.4, -0.2) is 28.9 Å². The third-order valence-electron chi connectivity index (χ3n) is 4.05. The first-order chi connectivity index (χ1) is 11.1. The van der Waals surface area contributed by atoms with Gasteiger partial charge < -0.3 is 5.73 Å². The fraction of sp³-hybridized carbons (Fsp3) is 0.412. The van der Waals surface area contributed by atoms with E-state index in [0.29, 0.717) is 16.4 Å². The molecule has 2 aromatic rings. The van der Waals surface area contributed by atoms with Gasteiger partial charge in [-0.15, -0.1) is 11.3 Å². The van der Waals surface area contributed by atoms with Crippen molar-refractivity contribution in [1.82, 2.24) is 9.88 Å². The molecule has 1 aliphatic rings. The first-order valence-electron chi connectivity index (χ1n) is 7.94. The molecular weight excluding hydrogens is 308 g/mol. The summed E-state index contributed by atoms with van der Waals surface area (Å²) in [5.41, 5.74) is 7.86. The molecular formula is C17H22N4OS. The van der Waals surface area contributed by atoms with Crippen LogP contribution in [0.5, 0.6) is 0 Å². The van der Waals surface area contributed by atoms with Crippen molar-refractivity contribution in [3.8, 4) is 0 Å². The minimum absolute atomic E-state index is 0.176. The Morgan fingerprint density at radius 2 is 2.39 bits per heavy atom. The van der Waals surface area contributed by atoms with Gasteiger partial charge >= 0.3 is 0 Å². The highest BCUT2D eigenvalue weighted by Gasteiger charge is 2.17. The Bertz CT molecular complexity index is 685. The number of anilines is 2. The van der Waals surface area contributed by atoms with Crippen LogP contribution >= 0.6 is 11.3 Å². The van der Waals surface area contributed by atoms with E-state index in [2.05, 4.69) is 22.1 Å². The molecule has 3 N–H and O–H groups in total. The highest BCUT2D eigenvalue weighted by Crippen LogP contribution is 2.21. The number of nitrogens with one attached hydrogen (secondary N) is 1. The fourth-order valence-corrected chi connectivity index (χ4v) is 3.64. The molecule has 0 radical (unpaired) electrons. The maximum Gasteiger partial charge on any atom is 0.257 e. The van der Waals surface area contributed by atoms with Gasteiger partial charge in [0.15, 0.2) is 5.13 Å². The van der Waals surface area contributed by atoms with Crippen molar-refractivity contribution < 1.29 is 4.79 Å². The molecule has 0 saturated carbocycles. The summed E-state index contributed by atoms with van der Waals surface area (Å²) in [5.74, 6) is 0.579. The van der Waals surface area contributed by atoms with Gasteiger partial charge in [-0.2, -0.15) is 0 Å². The SMILES string of the molecule is CC1CCCN(Cc2csc(NC(=O)c3cccc(N)c3)n2)C1. The summed E-state index contributed by atoms with van der Waals surface area (Å²) in [5, 5.41) is 5.50. The molecule has 1 atom stereocenters. The summed E-state index contributed by atoms with van der Waals surface area (Å²) in [7, 11) is 0. The fourth-order valence-electron chi connectivity index (χ4n) is 2.95. The lowest BCUT2D eigenvalue weighted by Gasteiger charge is -2.30. The van der Waals surface area contributed by atoms with Crippen LogP contribution in [0.15, 0.2) is 29.6 Å². The van der Waals surface area contributed by atoms with Crippen LogP contribution in [0.3, 0.4) is 0 Å². The number of carbonyl (C=O) groups is 1. The topological polar surface area (TPSA) is 71.2 Å². The van der Waals surface area contributed by atoms with E-state index >= 15 is 0 Å². The maximum atomic E-state index is 12.2. The van der Waals surface area contributed by atoms with Crippen LogP contribution in [-0.2, 0) is 6.54 Å². The van der Waals surface area contributed by atoms with E-state index in [4.69, 9.17) is 5.73 Å². The zero-order valence-electron chi connectivity index (χ0n) is 13.3. The summed E-state index contributed by atoms with van der Waals surface area (Å²) < 4.78 is 0. The second-order valence-electron chi connectivity index (χ2n) is 6.21. The van der Waals surface area contributed by atoms with Crippen LogP contribution in [0, 0.1) is 5.92 Å². The van der Waals surface area contributed by atoms with Crippen molar-refractivity contribution in [2.24, 2.45) is 5.92 Å². The Hall–Kier alpha value is -1.92. The number of nitrogens with two attached hydrogens (primary N) is 1. The van der Waals surface area contributed by atoms with Gasteiger partial charge in [-0.3, -0.25) is 15.0 Å². The molecule has 1 amide bonds. The number of nitrogen functional groups attached to an aromatic ring is 1. The van der Waals surface area contributed by atoms with Gasteiger partial charge in [0.25, 0.3) is 5.91 Å². The molecule has 3 rings (SSSR count). The second-order valence-corrected chi connectivity index (χ2v) is 7.06. The number of nitrogens with zero attached hydrogens (tertiary/aromatic N) is 2. The first-order valence-corrected chi connectivity index (χ1v) is 8.82. The minimum Gasteiger partial charge on any atom is -0.399 e. The number of benzene rings is 1. The van der Waals surface area contributed by atoms with Gasteiger partial charge in [0.2, 0.25) is 0 Å². The van der Waals surface area contributed by atoms with Gasteiger partial charge in [-0.05, 0) is 43.5 Å². The summed E-state index contributed by atoms with van der Waals surface area (Å²) in [6.45, 7) is 5.41. The number of likely N-dealkylation sites (tertiary alicyclic amines) is 1. The van der Waals surface area contributed by atoms with Crippen LogP contribution in [0.1, 0.15) is 35.8 Å². The van der Waals surface area contributed by atoms with Crippen molar-refractivity contribution in [1.29, 1.82) is 0 Å². The molecule has 1 aromatic carbocycles. The quantitative estimate of drug-likeness (QED) is 0.845. The van der Waals surface area contributed by atoms with Crippen LogP contribution < -0.4 is 11.1 Å². The summed E-state index contributed by atoms with van der Waals surface area (Å²) in [6, 6.07) is 6.95. The lowest BCUT2D eigenvalue weighted by Crippen LogP contribution is -2.33. The zero-order chi connectivity index (χ0) is 16.2. The standard InChI is InChI=1S/C17H22N4OS/c1-12-4-3-7-21(9-12)10-15-11-23-17(19-15)20-16(22)13-5-2-6-14(18)8-13/h2,5-6,8,11-12H,3-4,7,9-10,18H2,1H3,(H,19,20,22). The second kappa shape index (κ2) is 7.10. The van der Waals surface area contributed by atoms with Gasteiger partial charge in [0, 0.05) is 29.7 Å². The average Bonchev–Trinajstić information content (AvgIpc) is 2.94. The molecule has 122 valence electrons. The molecule has 1 fully saturated rings. The smallest absolute Gasteiger partial charge is 0.257 e. The first kappa shape index (κ1) is 16.0. The van der Waals surface area contributed by atoms with E-state index in [1.54, 1.807) is 24.3 Å². The number of hydrogen-bond acceptors (Lipinski definition) is 5. The maximum absolute atomic E-state index is 12.2. The minimum atomic E-state index is -0.176. The number of amides is 1. The third kappa shape index (κ3) is 4.30. The number of piperidine rings is 1. The van der Waals surface area contributed by atoms with Crippen molar-refractivity contribution >= 4 is 28.1 Å². The van der Waals surface area contributed by atoms with Gasteiger partial charge in [0.1, 0.15) is 0 Å². The Labute approximate surface area is 140 Å². The molecule has 1 aromatic heterocycles. The summed E-state index contributed by atoms with van der Waals surface area (Å²) >= 11 is 1.47. The van der Waals surface area contributed by atoms with Crippen molar-refractivity contribution in [3.05, 3.63) is 40.9 Å². The van der Waals surface area contributed by atoms with Crippen LogP contribution in [0.25, 0.3) is 0 Å². The Kier molecular flexibility index (Phi) is 4.93. The molecule has 0 spiro atoms. The normalized spacial score (nSPS) is 18.7. The van der Waals surface area contributed by atoms with E-state index in [1.165, 1.54) is 24.2 Å². The van der Waals surface area contributed by atoms with Crippen molar-refractivity contribution in [2.75, 3.05) is 24.1 Å². The predicted molar refractivity (Wildman–Crippen MR) is 94.6 cm³/mol. The lowest BCUT2D eigenvalue weighted by molar-refractivity contribution is 0.102. The number of rotatable bonds is 4. The monoisotopic (exact) mass is 330 g/mol. The summed E-state index contributed by atoms with van der Waals surface area (Å²) in [6.07, 6.45) is 2.57. The van der Waals surface area contributed by atoms with E-state index < -0.39 is 0 Å². The van der Waals surface area contributed by atoms with Gasteiger partial charge in [-0.1, -0.05) is 13.0 Å². The number of hydrogen-bond donors (Lipinski definition) is 2. The highest BCUT2D eigenvalue weighted by molar-refractivity contribution is 7.13. The van der Waals surface area contributed by atoms with E-state index in [0.717, 1.165) is 31.2 Å². The van der Waals surface area contributed by atoms with Crippen LogP contribution in [0.4, 0.5) is 10.8 Å². The molecule has 1 unspecified atom stereocenters. The molecule has 2 heterocycles. The summed E-state index contributed by atoms with van der Waals surface area (Å²) in [4.78, 5) is 19.2. The Morgan fingerprint density at radius 1 is 1.52 bits per heavy atom. The Balaban J connectivity index is 1.59. The molecule has 1 saturated heterocycles. The number of carbonyl (C=O) groups excluding carboxylic acids is 1. The van der Waals surface area contributed by atoms with E-state index in [9.17, 15) is 4.79 Å². The van der Waals surface area contributed by atoms with Gasteiger partial charge in [0.05, 0.1) is 5.69 Å². The van der Waals surface area contributed by atoms with Crippen LogP contribution in [0.2, 0.25) is 0 Å². The molecule has 5 nitrogen and oxygen atoms in total. The molecule has 6 heteroatoms. The predicted octanol–water partition coefficient (Wildman–Crippen LogP) is 3.21. The zero-order valence-corrected chi connectivity index (χ0v) is 14.1. The number of aromatic nitrogens is 1. The van der Waals surface area contributed by atoms with E-state index in [-0.39, 0.29) is 5.91 Å². The average molecular weight is 330 g/mol. The largest absolute Gasteiger partial charge is 0.399 e. The lowest BCUT2D eigenvalue weighted by atomic mass is 10.0. The molecule has 23 heavy (non-hydrogen) atoms. The highest BCUT2D eigenvalue weighted by atomic mass is 32.1. The van der Waals surface area contributed by atoms with E-state index in [1.807, 2.05) is 5.38 Å². The third-order valence-corrected chi connectivity index (χ3v) is 4.85. The number of thiazole rings is 1. The Morgan fingerprint density at radius 3 is 3.17 bits per heavy atom. The van der Waals surface area contributed by atoms with Gasteiger partial charge in [-0.25, -0.2) is 4.98 Å². The van der Waals surface area contributed by atoms with Crippen molar-refractivity contribution in [3.63, 3.8) is 0 Å². The molecule has 0 aliphatic carbocycles. The molecule has 0 bridgehead atoms. The van der Waals surface area contributed by atoms with Crippen molar-refractivity contribution in [2.45, 2.75) is 26.3 Å². The molecule has 1 aliphatic heterocycles.